The SMILES string of the molecule is CNCc1cc(S(=O)(=O)Nc2c(F)cccc2F)c(Br)s1. The van der Waals surface area contributed by atoms with E-state index in [0.717, 1.165) is 23.1 Å². The summed E-state index contributed by atoms with van der Waals surface area (Å²) in [7, 11) is -2.35. The summed E-state index contributed by atoms with van der Waals surface area (Å²) < 4.78 is 53.9. The number of para-hydroxylation sites is 1. The number of sulfonamides is 1. The number of nitrogens with one attached hydrogen (secondary N) is 2. The molecule has 0 fully saturated rings. The number of halogens is 3. The van der Waals surface area contributed by atoms with Crippen LogP contribution in [-0.2, 0) is 16.6 Å². The van der Waals surface area contributed by atoms with E-state index in [0.29, 0.717) is 10.3 Å². The molecule has 0 spiro atoms. The van der Waals surface area contributed by atoms with E-state index in [1.54, 1.807) is 7.05 Å². The van der Waals surface area contributed by atoms with Gasteiger partial charge in [-0.1, -0.05) is 6.07 Å². The lowest BCUT2D eigenvalue weighted by Crippen LogP contribution is -2.15. The van der Waals surface area contributed by atoms with E-state index >= 15 is 0 Å². The molecule has 2 aromatic rings. The van der Waals surface area contributed by atoms with Crippen LogP contribution in [0.1, 0.15) is 4.88 Å². The van der Waals surface area contributed by atoms with Gasteiger partial charge >= 0.3 is 0 Å². The summed E-state index contributed by atoms with van der Waals surface area (Å²) in [6.07, 6.45) is 0. The van der Waals surface area contributed by atoms with Crippen molar-refractivity contribution in [2.45, 2.75) is 11.4 Å². The highest BCUT2D eigenvalue weighted by molar-refractivity contribution is 9.11. The molecule has 2 N–H and O–H groups in total. The Labute approximate surface area is 133 Å². The topological polar surface area (TPSA) is 58.2 Å². The maximum atomic E-state index is 13.5. The number of anilines is 1. The van der Waals surface area contributed by atoms with E-state index in [1.807, 2.05) is 4.72 Å². The molecule has 21 heavy (non-hydrogen) atoms. The number of thiophene rings is 1. The van der Waals surface area contributed by atoms with Gasteiger partial charge in [0, 0.05) is 11.4 Å². The predicted molar refractivity (Wildman–Crippen MR) is 81.9 cm³/mol. The third-order valence-electron chi connectivity index (χ3n) is 2.55. The van der Waals surface area contributed by atoms with Crippen LogP contribution in [0.25, 0.3) is 0 Å². The first-order valence-electron chi connectivity index (χ1n) is 5.75. The first-order chi connectivity index (χ1) is 9.85. The average Bonchev–Trinajstić information content (AvgIpc) is 2.76. The summed E-state index contributed by atoms with van der Waals surface area (Å²) in [4.78, 5) is 0.721. The van der Waals surface area contributed by atoms with Crippen LogP contribution in [0.2, 0.25) is 0 Å². The lowest BCUT2D eigenvalue weighted by atomic mass is 10.3. The average molecular weight is 397 g/mol. The zero-order chi connectivity index (χ0) is 15.6. The van der Waals surface area contributed by atoms with Crippen LogP contribution < -0.4 is 10.0 Å². The van der Waals surface area contributed by atoms with Gasteiger partial charge in [0.1, 0.15) is 22.2 Å². The van der Waals surface area contributed by atoms with E-state index < -0.39 is 27.3 Å². The van der Waals surface area contributed by atoms with Gasteiger partial charge in [0.25, 0.3) is 10.0 Å². The van der Waals surface area contributed by atoms with Crippen molar-refractivity contribution in [3.8, 4) is 0 Å². The van der Waals surface area contributed by atoms with E-state index in [9.17, 15) is 17.2 Å². The first kappa shape index (κ1) is 16.3. The molecule has 1 heterocycles. The van der Waals surface area contributed by atoms with Gasteiger partial charge in [0.2, 0.25) is 0 Å². The number of benzene rings is 1. The van der Waals surface area contributed by atoms with E-state index in [4.69, 9.17) is 0 Å². The Morgan fingerprint density at radius 1 is 1.29 bits per heavy atom. The minimum atomic E-state index is -4.08. The summed E-state index contributed by atoms with van der Waals surface area (Å²) in [5.74, 6) is -1.94. The maximum absolute atomic E-state index is 13.5. The van der Waals surface area contributed by atoms with Crippen molar-refractivity contribution in [3.63, 3.8) is 0 Å². The van der Waals surface area contributed by atoms with Gasteiger partial charge in [0.05, 0.1) is 3.79 Å². The molecule has 114 valence electrons. The Balaban J connectivity index is 2.39. The summed E-state index contributed by atoms with van der Waals surface area (Å²) in [5.41, 5.74) is -0.689. The standard InChI is InChI=1S/C12H11BrF2N2O2S2/c1-16-6-7-5-10(12(13)20-7)21(18,19)17-11-8(14)3-2-4-9(11)15/h2-5,16-17H,6H2,1H3. The fraction of sp³-hybridized carbons (Fsp3) is 0.167. The maximum Gasteiger partial charge on any atom is 0.264 e. The van der Waals surface area contributed by atoms with Crippen molar-refractivity contribution in [3.05, 3.63) is 44.6 Å². The normalized spacial score (nSPS) is 11.6. The molecule has 4 nitrogen and oxygen atoms in total. The van der Waals surface area contributed by atoms with Crippen molar-refractivity contribution in [1.82, 2.24) is 5.32 Å². The van der Waals surface area contributed by atoms with Gasteiger partial charge in [-0.3, -0.25) is 4.72 Å². The Morgan fingerprint density at radius 2 is 1.90 bits per heavy atom. The molecule has 2 rings (SSSR count). The third-order valence-corrected chi connectivity index (χ3v) is 6.15. The highest BCUT2D eigenvalue weighted by atomic mass is 79.9. The van der Waals surface area contributed by atoms with Crippen LogP contribution in [0, 0.1) is 11.6 Å². The fourth-order valence-corrected chi connectivity index (χ4v) is 5.40. The molecule has 1 aromatic heterocycles. The predicted octanol–water partition coefficient (Wildman–Crippen LogP) is 3.31. The third kappa shape index (κ3) is 3.60. The second-order valence-corrected chi connectivity index (χ2v) is 8.19. The second-order valence-electron chi connectivity index (χ2n) is 4.08. The van der Waals surface area contributed by atoms with Crippen LogP contribution in [-0.4, -0.2) is 15.5 Å². The molecular formula is C12H11BrF2N2O2S2. The second kappa shape index (κ2) is 6.39. The van der Waals surface area contributed by atoms with E-state index in [2.05, 4.69) is 21.2 Å². The molecule has 0 aliphatic carbocycles. The van der Waals surface area contributed by atoms with Gasteiger partial charge in [-0.05, 0) is 41.2 Å². The Hall–Kier alpha value is -1.03. The van der Waals surface area contributed by atoms with Crippen LogP contribution >= 0.6 is 27.3 Å². The zero-order valence-electron chi connectivity index (χ0n) is 10.8. The van der Waals surface area contributed by atoms with E-state index in [-0.39, 0.29) is 4.90 Å². The molecule has 9 heteroatoms. The number of rotatable bonds is 5. The molecule has 0 aliphatic heterocycles. The Morgan fingerprint density at radius 3 is 2.48 bits per heavy atom. The molecule has 0 amide bonds. The van der Waals surface area contributed by atoms with Gasteiger partial charge < -0.3 is 5.32 Å². The summed E-state index contributed by atoms with van der Waals surface area (Å²) in [5, 5.41) is 2.90. The van der Waals surface area contributed by atoms with Crippen LogP contribution in [0.15, 0.2) is 32.9 Å². The van der Waals surface area contributed by atoms with Crippen molar-refractivity contribution < 1.29 is 17.2 Å². The van der Waals surface area contributed by atoms with Crippen molar-refractivity contribution in [2.75, 3.05) is 11.8 Å². The Kier molecular flexibility index (Phi) is 4.97. The minimum Gasteiger partial charge on any atom is -0.315 e. The first-order valence-corrected chi connectivity index (χ1v) is 8.84. The fourth-order valence-electron chi connectivity index (χ4n) is 1.63. The summed E-state index contributed by atoms with van der Waals surface area (Å²) in [6, 6.07) is 4.58. The quantitative estimate of drug-likeness (QED) is 0.814. The zero-order valence-corrected chi connectivity index (χ0v) is 14.0. The monoisotopic (exact) mass is 396 g/mol. The minimum absolute atomic E-state index is 0.0552. The molecule has 0 aliphatic rings. The van der Waals surface area contributed by atoms with Crippen molar-refractivity contribution >= 4 is 43.0 Å². The molecule has 0 saturated carbocycles. The molecular weight excluding hydrogens is 386 g/mol. The Bertz CT molecular complexity index is 742. The van der Waals surface area contributed by atoms with Crippen molar-refractivity contribution in [1.29, 1.82) is 0 Å². The van der Waals surface area contributed by atoms with Gasteiger partial charge in [-0.25, -0.2) is 17.2 Å². The summed E-state index contributed by atoms with van der Waals surface area (Å²) in [6.45, 7) is 0.493. The highest BCUT2D eigenvalue weighted by Gasteiger charge is 2.23. The van der Waals surface area contributed by atoms with E-state index in [1.165, 1.54) is 17.4 Å². The number of hydrogen-bond donors (Lipinski definition) is 2. The molecule has 0 saturated heterocycles. The number of hydrogen-bond acceptors (Lipinski definition) is 4. The lowest BCUT2D eigenvalue weighted by molar-refractivity contribution is 0.583. The smallest absolute Gasteiger partial charge is 0.264 e. The van der Waals surface area contributed by atoms with Gasteiger partial charge in [-0.15, -0.1) is 11.3 Å². The van der Waals surface area contributed by atoms with Gasteiger partial charge in [-0.2, -0.15) is 0 Å². The lowest BCUT2D eigenvalue weighted by Gasteiger charge is -2.09. The molecule has 0 radical (unpaired) electrons. The molecule has 0 atom stereocenters. The largest absolute Gasteiger partial charge is 0.315 e. The van der Waals surface area contributed by atoms with Crippen LogP contribution in [0.5, 0.6) is 0 Å². The van der Waals surface area contributed by atoms with Crippen LogP contribution in [0.4, 0.5) is 14.5 Å². The van der Waals surface area contributed by atoms with Crippen molar-refractivity contribution in [2.24, 2.45) is 0 Å². The van der Waals surface area contributed by atoms with Crippen LogP contribution in [0.3, 0.4) is 0 Å². The highest BCUT2D eigenvalue weighted by Crippen LogP contribution is 2.33. The molecule has 1 aromatic carbocycles. The molecule has 0 bridgehead atoms. The molecule has 0 unspecified atom stereocenters. The van der Waals surface area contributed by atoms with Gasteiger partial charge in [0.15, 0.2) is 0 Å². The summed E-state index contributed by atoms with van der Waals surface area (Å²) >= 11 is 4.39.